The summed E-state index contributed by atoms with van der Waals surface area (Å²) in [4.78, 5) is 17.8. The zero-order chi connectivity index (χ0) is 13.0. The fraction of sp³-hybridized carbons (Fsp3) is 0.636. The van der Waals surface area contributed by atoms with E-state index in [0.29, 0.717) is 6.54 Å². The molecular weight excluding hydrogens is 256 g/mol. The van der Waals surface area contributed by atoms with E-state index >= 15 is 0 Å². The van der Waals surface area contributed by atoms with Crippen molar-refractivity contribution in [2.24, 2.45) is 5.92 Å². The van der Waals surface area contributed by atoms with Crippen molar-refractivity contribution in [1.29, 1.82) is 0 Å². The van der Waals surface area contributed by atoms with Crippen molar-refractivity contribution in [2.45, 2.75) is 32.1 Å². The van der Waals surface area contributed by atoms with Crippen LogP contribution in [-0.2, 0) is 0 Å². The second-order valence-electron chi connectivity index (χ2n) is 4.50. The number of nitrogens with zero attached hydrogens (tertiary/aromatic N) is 3. The lowest BCUT2D eigenvalue weighted by atomic mass is 10.0. The van der Waals surface area contributed by atoms with Gasteiger partial charge in [-0.05, 0) is 23.9 Å². The van der Waals surface area contributed by atoms with Gasteiger partial charge in [-0.2, -0.15) is 4.98 Å². The number of nitrogens with one attached hydrogen (secondary N) is 1. The van der Waals surface area contributed by atoms with Crippen LogP contribution in [0.1, 0.15) is 32.1 Å². The van der Waals surface area contributed by atoms with E-state index in [-0.39, 0.29) is 16.8 Å². The molecule has 0 aliphatic heterocycles. The highest BCUT2D eigenvalue weighted by Crippen LogP contribution is 2.28. The SMILES string of the molecule is O=[N+]([O-])c1cnc(Cl)nc1NCCC1CCCC1. The number of hydrogen-bond donors (Lipinski definition) is 1. The number of anilines is 1. The van der Waals surface area contributed by atoms with E-state index in [0.717, 1.165) is 18.5 Å². The van der Waals surface area contributed by atoms with Crippen molar-refractivity contribution in [3.63, 3.8) is 0 Å². The maximum atomic E-state index is 10.8. The molecule has 1 fully saturated rings. The zero-order valence-corrected chi connectivity index (χ0v) is 10.7. The van der Waals surface area contributed by atoms with Gasteiger partial charge in [0, 0.05) is 6.54 Å². The van der Waals surface area contributed by atoms with Gasteiger partial charge in [0.15, 0.2) is 0 Å². The summed E-state index contributed by atoms with van der Waals surface area (Å²) < 4.78 is 0. The Morgan fingerprint density at radius 2 is 2.22 bits per heavy atom. The minimum atomic E-state index is -0.506. The molecule has 1 heterocycles. The van der Waals surface area contributed by atoms with Gasteiger partial charge in [-0.25, -0.2) is 4.98 Å². The molecule has 0 spiro atoms. The predicted molar refractivity (Wildman–Crippen MR) is 68.8 cm³/mol. The zero-order valence-electron chi connectivity index (χ0n) is 9.93. The quantitative estimate of drug-likeness (QED) is 0.505. The summed E-state index contributed by atoms with van der Waals surface area (Å²) >= 11 is 5.64. The standard InChI is InChI=1S/C11H15ClN4O2/c12-11-14-7-9(16(17)18)10(15-11)13-6-5-8-3-1-2-4-8/h7-8H,1-6H2,(H,13,14,15). The summed E-state index contributed by atoms with van der Waals surface area (Å²) in [6.45, 7) is 0.679. The summed E-state index contributed by atoms with van der Waals surface area (Å²) in [5.41, 5.74) is -0.133. The van der Waals surface area contributed by atoms with Crippen LogP contribution in [0.2, 0.25) is 5.28 Å². The Kier molecular flexibility index (Phi) is 4.30. The largest absolute Gasteiger partial charge is 0.364 e. The Balaban J connectivity index is 1.94. The summed E-state index contributed by atoms with van der Waals surface area (Å²) in [6.07, 6.45) is 7.25. The number of rotatable bonds is 5. The second kappa shape index (κ2) is 5.95. The van der Waals surface area contributed by atoms with E-state index in [2.05, 4.69) is 15.3 Å². The van der Waals surface area contributed by atoms with E-state index in [1.54, 1.807) is 0 Å². The van der Waals surface area contributed by atoms with Crippen molar-refractivity contribution in [2.75, 3.05) is 11.9 Å². The molecule has 1 saturated carbocycles. The highest BCUT2D eigenvalue weighted by molar-refractivity contribution is 6.28. The maximum Gasteiger partial charge on any atom is 0.329 e. The van der Waals surface area contributed by atoms with E-state index in [1.165, 1.54) is 25.7 Å². The molecule has 0 bridgehead atoms. The number of hydrogen-bond acceptors (Lipinski definition) is 5. The molecule has 0 unspecified atom stereocenters. The molecule has 1 N–H and O–H groups in total. The molecule has 98 valence electrons. The maximum absolute atomic E-state index is 10.8. The molecule has 1 aromatic rings. The third-order valence-corrected chi connectivity index (χ3v) is 3.44. The van der Waals surface area contributed by atoms with Crippen molar-refractivity contribution < 1.29 is 4.92 Å². The van der Waals surface area contributed by atoms with Gasteiger partial charge in [0.05, 0.1) is 4.92 Å². The van der Waals surface area contributed by atoms with Gasteiger partial charge in [-0.15, -0.1) is 0 Å². The van der Waals surface area contributed by atoms with Crippen LogP contribution in [0.4, 0.5) is 11.5 Å². The average molecular weight is 271 g/mol. The Hall–Kier alpha value is -1.43. The first-order chi connectivity index (χ1) is 8.66. The van der Waals surface area contributed by atoms with Gasteiger partial charge in [-0.1, -0.05) is 25.7 Å². The minimum absolute atomic E-state index is 0.0176. The molecule has 0 saturated heterocycles. The van der Waals surface area contributed by atoms with E-state index in [4.69, 9.17) is 11.6 Å². The van der Waals surface area contributed by atoms with E-state index in [9.17, 15) is 10.1 Å². The number of halogens is 1. The lowest BCUT2D eigenvalue weighted by Gasteiger charge is -2.10. The second-order valence-corrected chi connectivity index (χ2v) is 4.83. The summed E-state index contributed by atoms with van der Waals surface area (Å²) in [7, 11) is 0. The van der Waals surface area contributed by atoms with Crippen LogP contribution in [0.15, 0.2) is 6.20 Å². The Morgan fingerprint density at radius 1 is 1.50 bits per heavy atom. The molecule has 6 nitrogen and oxygen atoms in total. The van der Waals surface area contributed by atoms with E-state index < -0.39 is 4.92 Å². The molecule has 0 aromatic carbocycles. The van der Waals surface area contributed by atoms with Crippen LogP contribution in [-0.4, -0.2) is 21.4 Å². The minimum Gasteiger partial charge on any atom is -0.364 e. The predicted octanol–water partition coefficient (Wildman–Crippen LogP) is 3.03. The Labute approximate surface area is 110 Å². The normalized spacial score (nSPS) is 15.8. The average Bonchev–Trinajstić information content (AvgIpc) is 2.82. The van der Waals surface area contributed by atoms with Crippen molar-refractivity contribution in [3.8, 4) is 0 Å². The summed E-state index contributed by atoms with van der Waals surface area (Å²) in [5.74, 6) is 0.937. The Morgan fingerprint density at radius 3 is 2.89 bits per heavy atom. The molecule has 2 rings (SSSR count). The first-order valence-corrected chi connectivity index (χ1v) is 6.45. The van der Waals surface area contributed by atoms with Gasteiger partial charge in [0.2, 0.25) is 11.1 Å². The highest BCUT2D eigenvalue weighted by atomic mass is 35.5. The van der Waals surface area contributed by atoms with Crippen LogP contribution < -0.4 is 5.32 Å². The van der Waals surface area contributed by atoms with Crippen LogP contribution in [0.5, 0.6) is 0 Å². The molecular formula is C11H15ClN4O2. The Bertz CT molecular complexity index is 435. The molecule has 0 atom stereocenters. The molecule has 7 heteroatoms. The lowest BCUT2D eigenvalue weighted by molar-refractivity contribution is -0.384. The van der Waals surface area contributed by atoms with Crippen molar-refractivity contribution >= 4 is 23.1 Å². The fourth-order valence-corrected chi connectivity index (χ4v) is 2.44. The summed E-state index contributed by atoms with van der Waals surface area (Å²) in [6, 6.07) is 0. The van der Waals surface area contributed by atoms with Crippen molar-refractivity contribution in [1.82, 2.24) is 9.97 Å². The van der Waals surface area contributed by atoms with Gasteiger partial charge in [0.25, 0.3) is 0 Å². The van der Waals surface area contributed by atoms with Gasteiger partial charge in [-0.3, -0.25) is 10.1 Å². The third kappa shape index (κ3) is 3.29. The number of aromatic nitrogens is 2. The smallest absolute Gasteiger partial charge is 0.329 e. The summed E-state index contributed by atoms with van der Waals surface area (Å²) in [5, 5.41) is 13.8. The highest BCUT2D eigenvalue weighted by Gasteiger charge is 2.18. The first kappa shape index (κ1) is 13.0. The van der Waals surface area contributed by atoms with Crippen LogP contribution >= 0.6 is 11.6 Å². The lowest BCUT2D eigenvalue weighted by Crippen LogP contribution is -2.10. The van der Waals surface area contributed by atoms with E-state index in [1.807, 2.05) is 0 Å². The first-order valence-electron chi connectivity index (χ1n) is 6.07. The topological polar surface area (TPSA) is 81.0 Å². The molecule has 1 aromatic heterocycles. The van der Waals surface area contributed by atoms with Crippen LogP contribution in [0, 0.1) is 16.0 Å². The van der Waals surface area contributed by atoms with Gasteiger partial charge < -0.3 is 5.32 Å². The molecule has 1 aliphatic carbocycles. The van der Waals surface area contributed by atoms with Crippen LogP contribution in [0.3, 0.4) is 0 Å². The van der Waals surface area contributed by atoms with Crippen LogP contribution in [0.25, 0.3) is 0 Å². The molecule has 1 aliphatic rings. The molecule has 0 radical (unpaired) electrons. The molecule has 0 amide bonds. The number of nitro groups is 1. The third-order valence-electron chi connectivity index (χ3n) is 3.26. The van der Waals surface area contributed by atoms with Gasteiger partial charge in [0.1, 0.15) is 6.20 Å². The monoisotopic (exact) mass is 270 g/mol. The fourth-order valence-electron chi connectivity index (χ4n) is 2.31. The van der Waals surface area contributed by atoms with Crippen molar-refractivity contribution in [3.05, 3.63) is 21.6 Å². The molecule has 18 heavy (non-hydrogen) atoms. The van der Waals surface area contributed by atoms with Gasteiger partial charge >= 0.3 is 5.69 Å².